The van der Waals surface area contributed by atoms with Crippen molar-refractivity contribution in [2.45, 2.75) is 19.3 Å². The summed E-state index contributed by atoms with van der Waals surface area (Å²) in [6, 6.07) is 20.3. The predicted molar refractivity (Wildman–Crippen MR) is 138 cm³/mol. The molecule has 0 radical (unpaired) electrons. The normalized spacial score (nSPS) is 16.3. The average molecular weight is 467 g/mol. The van der Waals surface area contributed by atoms with Gasteiger partial charge in [0.05, 0.1) is 11.4 Å². The minimum atomic E-state index is 0.426. The number of benzene rings is 3. The van der Waals surface area contributed by atoms with Gasteiger partial charge in [-0.25, -0.2) is 9.98 Å². The van der Waals surface area contributed by atoms with Gasteiger partial charge in [-0.1, -0.05) is 54.1 Å². The number of allylic oxidation sites excluding steroid dienone is 3. The molecule has 2 heterocycles. The van der Waals surface area contributed by atoms with Crippen molar-refractivity contribution in [2.24, 2.45) is 9.98 Å². The summed E-state index contributed by atoms with van der Waals surface area (Å²) in [6.45, 7) is 0.961. The van der Waals surface area contributed by atoms with Gasteiger partial charge in [0.2, 0.25) is 0 Å². The van der Waals surface area contributed by atoms with Crippen LogP contribution >= 0.6 is 11.6 Å². The number of hydrogen-bond donors (Lipinski definition) is 0. The van der Waals surface area contributed by atoms with E-state index in [1.54, 1.807) is 0 Å². The molecule has 0 fully saturated rings. The Morgan fingerprint density at radius 2 is 1.65 bits per heavy atom. The Kier molecular flexibility index (Phi) is 5.52. The Labute approximate surface area is 203 Å². The summed E-state index contributed by atoms with van der Waals surface area (Å²) >= 11 is 6.07. The Morgan fingerprint density at radius 3 is 2.56 bits per heavy atom. The number of fused-ring (bicyclic) bond motifs is 2. The minimum absolute atomic E-state index is 0.426. The molecule has 0 amide bonds. The van der Waals surface area contributed by atoms with Crippen molar-refractivity contribution in [3.63, 3.8) is 0 Å². The zero-order chi connectivity index (χ0) is 22.9. The molecule has 3 aromatic rings. The van der Waals surface area contributed by atoms with Crippen LogP contribution in [0.1, 0.15) is 29.5 Å². The molecule has 0 saturated heterocycles. The Bertz CT molecular complexity index is 1400. The van der Waals surface area contributed by atoms with Gasteiger partial charge in [0.25, 0.3) is 0 Å². The molecule has 6 rings (SSSR count). The van der Waals surface area contributed by atoms with E-state index in [1.165, 1.54) is 16.7 Å². The van der Waals surface area contributed by atoms with Gasteiger partial charge in [0, 0.05) is 11.1 Å². The second kappa shape index (κ2) is 8.96. The first kappa shape index (κ1) is 20.9. The molecule has 0 aromatic heterocycles. The zero-order valence-electron chi connectivity index (χ0n) is 18.6. The van der Waals surface area contributed by atoms with Crippen LogP contribution in [0.15, 0.2) is 94.4 Å². The largest absolute Gasteiger partial charge is 0.485 e. The Morgan fingerprint density at radius 1 is 0.794 bits per heavy atom. The van der Waals surface area contributed by atoms with E-state index in [0.717, 1.165) is 59.1 Å². The highest BCUT2D eigenvalue weighted by atomic mass is 35.5. The van der Waals surface area contributed by atoms with Crippen molar-refractivity contribution >= 4 is 34.4 Å². The van der Waals surface area contributed by atoms with E-state index in [-0.39, 0.29) is 0 Å². The molecule has 0 spiro atoms. The Hall–Kier alpha value is -3.63. The molecular formula is C29H23ClN2O2. The van der Waals surface area contributed by atoms with Crippen molar-refractivity contribution in [2.75, 3.05) is 13.2 Å². The average Bonchev–Trinajstić information content (AvgIpc) is 2.88. The van der Waals surface area contributed by atoms with E-state index in [0.29, 0.717) is 18.2 Å². The van der Waals surface area contributed by atoms with Gasteiger partial charge in [-0.2, -0.15) is 0 Å². The Balaban J connectivity index is 1.25. The third kappa shape index (κ3) is 4.29. The summed E-state index contributed by atoms with van der Waals surface area (Å²) in [7, 11) is 0. The third-order valence-electron chi connectivity index (χ3n) is 6.24. The quantitative estimate of drug-likeness (QED) is 0.408. The molecule has 0 bridgehead atoms. The van der Waals surface area contributed by atoms with Crippen LogP contribution in [0, 0.1) is 0 Å². The zero-order valence-corrected chi connectivity index (χ0v) is 19.4. The van der Waals surface area contributed by atoms with Gasteiger partial charge in [0.15, 0.2) is 0 Å². The molecule has 168 valence electrons. The molecule has 1 aliphatic carbocycles. The van der Waals surface area contributed by atoms with Crippen molar-refractivity contribution in [1.29, 1.82) is 0 Å². The first-order chi connectivity index (χ1) is 16.7. The standard InChI is InChI=1S/C29H23ClN2O2/c30-23-10-11-24-29(16-23)34-18-27(31-24)22-8-4-5-19(14-22)13-20-9-12-28-25(15-20)32-26(17-33-28)21-6-2-1-3-7-21/h1-2,4-6,8-12,14-16H,3,7,13,17-18H2. The highest BCUT2D eigenvalue weighted by Crippen LogP contribution is 2.35. The topological polar surface area (TPSA) is 43.2 Å². The van der Waals surface area contributed by atoms with Crippen molar-refractivity contribution in [3.8, 4) is 11.5 Å². The van der Waals surface area contributed by atoms with Gasteiger partial charge in [-0.05, 0) is 71.9 Å². The van der Waals surface area contributed by atoms with E-state index in [1.807, 2.05) is 24.3 Å². The van der Waals surface area contributed by atoms with Gasteiger partial charge in [-0.15, -0.1) is 0 Å². The molecule has 4 nitrogen and oxygen atoms in total. The van der Waals surface area contributed by atoms with Gasteiger partial charge >= 0.3 is 0 Å². The monoisotopic (exact) mass is 466 g/mol. The molecule has 0 unspecified atom stereocenters. The molecule has 0 saturated carbocycles. The number of nitrogens with zero attached hydrogens (tertiary/aromatic N) is 2. The van der Waals surface area contributed by atoms with Crippen LogP contribution in [-0.4, -0.2) is 24.6 Å². The molecule has 2 aliphatic heterocycles. The van der Waals surface area contributed by atoms with Crippen LogP contribution < -0.4 is 9.47 Å². The fourth-order valence-corrected chi connectivity index (χ4v) is 4.64. The highest BCUT2D eigenvalue weighted by Gasteiger charge is 2.18. The van der Waals surface area contributed by atoms with Crippen molar-refractivity contribution in [1.82, 2.24) is 0 Å². The lowest BCUT2D eigenvalue weighted by molar-refractivity contribution is 0.372. The lowest BCUT2D eigenvalue weighted by Gasteiger charge is -2.20. The lowest BCUT2D eigenvalue weighted by atomic mass is 9.99. The molecule has 34 heavy (non-hydrogen) atoms. The number of ether oxygens (including phenoxy) is 2. The molecule has 5 heteroatoms. The molecular weight excluding hydrogens is 444 g/mol. The predicted octanol–water partition coefficient (Wildman–Crippen LogP) is 7.19. The third-order valence-corrected chi connectivity index (χ3v) is 6.47. The van der Waals surface area contributed by atoms with Gasteiger partial charge in [0.1, 0.15) is 36.1 Å². The van der Waals surface area contributed by atoms with Crippen LogP contribution in [0.2, 0.25) is 5.02 Å². The fourth-order valence-electron chi connectivity index (χ4n) is 4.48. The molecule has 0 N–H and O–H groups in total. The van der Waals surface area contributed by atoms with Gasteiger partial charge in [-0.3, -0.25) is 0 Å². The second-order valence-electron chi connectivity index (χ2n) is 8.64. The molecule has 3 aromatic carbocycles. The highest BCUT2D eigenvalue weighted by molar-refractivity contribution is 6.30. The first-order valence-corrected chi connectivity index (χ1v) is 11.9. The minimum Gasteiger partial charge on any atom is -0.485 e. The van der Waals surface area contributed by atoms with E-state index in [4.69, 9.17) is 31.1 Å². The van der Waals surface area contributed by atoms with Crippen LogP contribution in [0.25, 0.3) is 0 Å². The van der Waals surface area contributed by atoms with Gasteiger partial charge < -0.3 is 9.47 Å². The van der Waals surface area contributed by atoms with E-state index in [2.05, 4.69) is 54.6 Å². The summed E-state index contributed by atoms with van der Waals surface area (Å²) in [4.78, 5) is 9.74. The lowest BCUT2D eigenvalue weighted by Crippen LogP contribution is -2.18. The number of aliphatic imine (C=N–C) groups is 2. The molecule has 0 atom stereocenters. The maximum atomic E-state index is 6.07. The van der Waals surface area contributed by atoms with E-state index < -0.39 is 0 Å². The number of hydrogen-bond acceptors (Lipinski definition) is 4. The van der Waals surface area contributed by atoms with E-state index in [9.17, 15) is 0 Å². The second-order valence-corrected chi connectivity index (χ2v) is 9.08. The van der Waals surface area contributed by atoms with Crippen LogP contribution in [0.3, 0.4) is 0 Å². The van der Waals surface area contributed by atoms with Crippen LogP contribution in [-0.2, 0) is 6.42 Å². The number of halogens is 1. The number of rotatable bonds is 4. The summed E-state index contributed by atoms with van der Waals surface area (Å²) in [5, 5.41) is 0.651. The fraction of sp³-hybridized carbons (Fsp3) is 0.172. The summed E-state index contributed by atoms with van der Waals surface area (Å²) in [5.41, 5.74) is 8.41. The van der Waals surface area contributed by atoms with Crippen molar-refractivity contribution < 1.29 is 9.47 Å². The maximum absolute atomic E-state index is 6.07. The summed E-state index contributed by atoms with van der Waals surface area (Å²) in [6.07, 6.45) is 9.33. The van der Waals surface area contributed by atoms with Crippen molar-refractivity contribution in [3.05, 3.63) is 106 Å². The summed E-state index contributed by atoms with van der Waals surface area (Å²) < 4.78 is 11.9. The van der Waals surface area contributed by atoms with Crippen LogP contribution in [0.5, 0.6) is 11.5 Å². The smallest absolute Gasteiger partial charge is 0.146 e. The first-order valence-electron chi connectivity index (χ1n) is 11.5. The van der Waals surface area contributed by atoms with E-state index >= 15 is 0 Å². The van der Waals surface area contributed by atoms with Crippen LogP contribution in [0.4, 0.5) is 11.4 Å². The molecule has 3 aliphatic rings. The SMILES string of the molecule is Clc1ccc2c(c1)OCC(c1cccc(Cc3ccc4c(c3)N=C(C3=CC=CCC3)CO4)c1)=N2. The summed E-state index contributed by atoms with van der Waals surface area (Å²) in [5.74, 6) is 1.57. The maximum Gasteiger partial charge on any atom is 0.146 e.